The van der Waals surface area contributed by atoms with E-state index in [0.717, 1.165) is 17.9 Å². The molecule has 1 atom stereocenters. The van der Waals surface area contributed by atoms with Crippen LogP contribution in [0.1, 0.15) is 6.42 Å². The maximum atomic E-state index is 12.3. The topological polar surface area (TPSA) is 70.2 Å². The number of aromatic amines is 1. The monoisotopic (exact) mass is 308 g/mol. The van der Waals surface area contributed by atoms with Crippen LogP contribution in [0.25, 0.3) is 0 Å². The molecule has 1 fully saturated rings. The molecule has 1 aliphatic rings. The first-order valence-corrected chi connectivity index (χ1v) is 8.34. The van der Waals surface area contributed by atoms with Gasteiger partial charge in [-0.25, -0.2) is 8.42 Å². The average molecular weight is 309 g/mol. The predicted octanol–water partition coefficient (Wildman–Crippen LogP) is 1.15. The van der Waals surface area contributed by atoms with E-state index < -0.39 is 15.6 Å². The highest BCUT2D eigenvalue weighted by molar-refractivity contribution is 7.99. The second-order valence-electron chi connectivity index (χ2n) is 4.05. The third-order valence-corrected chi connectivity index (χ3v) is 6.24. The van der Waals surface area contributed by atoms with Crippen LogP contribution in [-0.4, -0.2) is 42.3 Å². The molecule has 0 spiro atoms. The predicted molar refractivity (Wildman–Crippen MR) is 72.8 cm³/mol. The highest BCUT2D eigenvalue weighted by Gasteiger charge is 2.30. The van der Waals surface area contributed by atoms with Gasteiger partial charge in [0, 0.05) is 25.0 Å². The van der Waals surface area contributed by atoms with Crippen molar-refractivity contribution in [1.29, 1.82) is 0 Å². The van der Waals surface area contributed by atoms with Crippen LogP contribution in [0.15, 0.2) is 22.0 Å². The zero-order valence-corrected chi connectivity index (χ0v) is 12.1. The van der Waals surface area contributed by atoms with Gasteiger partial charge in [-0.2, -0.15) is 16.1 Å². The summed E-state index contributed by atoms with van der Waals surface area (Å²) in [5.41, 5.74) is -0.491. The van der Waals surface area contributed by atoms with Crippen LogP contribution in [-0.2, 0) is 10.0 Å². The molecule has 8 heteroatoms. The number of rotatable bonds is 3. The van der Waals surface area contributed by atoms with Crippen LogP contribution in [0.4, 0.5) is 0 Å². The minimum atomic E-state index is -3.60. The van der Waals surface area contributed by atoms with Gasteiger partial charge in [0.05, 0.1) is 4.90 Å². The van der Waals surface area contributed by atoms with Gasteiger partial charge in [-0.3, -0.25) is 4.79 Å². The molecule has 1 aromatic rings. The Balaban J connectivity index is 2.34. The molecule has 0 bridgehead atoms. The van der Waals surface area contributed by atoms with Crippen LogP contribution in [0.3, 0.4) is 0 Å². The summed E-state index contributed by atoms with van der Waals surface area (Å²) in [5.74, 6) is 1.77. The lowest BCUT2D eigenvalue weighted by Crippen LogP contribution is -2.37. The second kappa shape index (κ2) is 5.24. The van der Waals surface area contributed by atoms with Crippen molar-refractivity contribution in [3.8, 4) is 0 Å². The Morgan fingerprint density at radius 2 is 2.28 bits per heavy atom. The highest BCUT2D eigenvalue weighted by Crippen LogP contribution is 2.26. The van der Waals surface area contributed by atoms with Crippen LogP contribution in [0.2, 0.25) is 5.02 Å². The van der Waals surface area contributed by atoms with Crippen molar-refractivity contribution in [2.75, 3.05) is 18.6 Å². The molecule has 1 saturated heterocycles. The lowest BCUT2D eigenvalue weighted by Gasteiger charge is -2.22. The van der Waals surface area contributed by atoms with Gasteiger partial charge in [0.2, 0.25) is 10.0 Å². The number of H-pyrrole nitrogens is 1. The quantitative estimate of drug-likeness (QED) is 0.909. The van der Waals surface area contributed by atoms with Gasteiger partial charge < -0.3 is 4.98 Å². The number of aromatic nitrogens is 1. The second-order valence-corrected chi connectivity index (χ2v) is 7.61. The van der Waals surface area contributed by atoms with Crippen molar-refractivity contribution in [1.82, 2.24) is 9.29 Å². The molecule has 5 nitrogen and oxygen atoms in total. The molecule has 0 aliphatic carbocycles. The van der Waals surface area contributed by atoms with Gasteiger partial charge >= 0.3 is 0 Å². The van der Waals surface area contributed by atoms with E-state index in [1.54, 1.807) is 18.8 Å². The largest absolute Gasteiger partial charge is 0.326 e. The highest BCUT2D eigenvalue weighted by atomic mass is 35.5. The summed E-state index contributed by atoms with van der Waals surface area (Å²) in [6.45, 7) is 0. The molecule has 0 radical (unpaired) electrons. The minimum absolute atomic E-state index is 0.00528. The summed E-state index contributed by atoms with van der Waals surface area (Å²) in [6.07, 6.45) is 2.03. The summed E-state index contributed by atoms with van der Waals surface area (Å²) < 4.78 is 26.0. The molecule has 0 amide bonds. The maximum Gasteiger partial charge on any atom is 0.266 e. The summed E-state index contributed by atoms with van der Waals surface area (Å²) in [5, 5.41) is -0.120. The van der Waals surface area contributed by atoms with Crippen molar-refractivity contribution in [3.63, 3.8) is 0 Å². The minimum Gasteiger partial charge on any atom is -0.326 e. The molecule has 2 rings (SSSR count). The summed E-state index contributed by atoms with van der Waals surface area (Å²) in [7, 11) is -2.04. The molecule has 0 saturated carbocycles. The Morgan fingerprint density at radius 1 is 1.56 bits per heavy atom. The molecule has 1 N–H and O–H groups in total. The van der Waals surface area contributed by atoms with Crippen molar-refractivity contribution < 1.29 is 8.42 Å². The molecule has 0 aromatic carbocycles. The van der Waals surface area contributed by atoms with E-state index in [0.29, 0.717) is 0 Å². The van der Waals surface area contributed by atoms with Gasteiger partial charge in [0.1, 0.15) is 5.02 Å². The molecular weight excluding hydrogens is 296 g/mol. The standard InChI is InChI=1S/C10H13ClN2O3S2/c1-13(7-2-3-17-6-7)18(15,16)8-4-9(11)10(14)12-5-8/h4-5,7H,2-3,6H2,1H3,(H,12,14). The Kier molecular flexibility index (Phi) is 4.05. The lowest BCUT2D eigenvalue weighted by atomic mass is 10.3. The fraction of sp³-hybridized carbons (Fsp3) is 0.500. The third-order valence-electron chi connectivity index (χ3n) is 2.93. The van der Waals surface area contributed by atoms with Crippen LogP contribution in [0.5, 0.6) is 0 Å². The zero-order chi connectivity index (χ0) is 13.3. The molecule has 1 unspecified atom stereocenters. The van der Waals surface area contributed by atoms with Gasteiger partial charge in [0.25, 0.3) is 5.56 Å². The number of sulfonamides is 1. The number of hydrogen-bond donors (Lipinski definition) is 1. The molecule has 2 heterocycles. The van der Waals surface area contributed by atoms with Gasteiger partial charge in [-0.1, -0.05) is 11.6 Å². The number of thioether (sulfide) groups is 1. The normalized spacial score (nSPS) is 20.5. The zero-order valence-electron chi connectivity index (χ0n) is 9.72. The molecule has 18 heavy (non-hydrogen) atoms. The summed E-state index contributed by atoms with van der Waals surface area (Å²) in [4.78, 5) is 13.5. The smallest absolute Gasteiger partial charge is 0.266 e. The van der Waals surface area contributed by atoms with Gasteiger partial charge in [-0.15, -0.1) is 0 Å². The lowest BCUT2D eigenvalue weighted by molar-refractivity contribution is 0.394. The number of nitrogens with one attached hydrogen (secondary N) is 1. The first-order chi connectivity index (χ1) is 8.43. The van der Waals surface area contributed by atoms with Crippen LogP contribution < -0.4 is 5.56 Å². The third kappa shape index (κ3) is 2.59. The van der Waals surface area contributed by atoms with Gasteiger partial charge in [-0.05, 0) is 18.2 Å². The molecule has 100 valence electrons. The summed E-state index contributed by atoms with van der Waals surface area (Å²) in [6, 6.07) is 1.19. The first kappa shape index (κ1) is 13.9. The fourth-order valence-electron chi connectivity index (χ4n) is 1.76. The number of hydrogen-bond acceptors (Lipinski definition) is 4. The maximum absolute atomic E-state index is 12.3. The van der Waals surface area contributed by atoms with Crippen molar-refractivity contribution in [2.45, 2.75) is 17.4 Å². The Morgan fingerprint density at radius 3 is 2.83 bits per heavy atom. The average Bonchev–Trinajstić information content (AvgIpc) is 2.85. The van der Waals surface area contributed by atoms with E-state index in [9.17, 15) is 13.2 Å². The Labute approximate surface area is 115 Å². The van der Waals surface area contributed by atoms with Crippen LogP contribution in [0, 0.1) is 0 Å². The summed E-state index contributed by atoms with van der Waals surface area (Å²) >= 11 is 7.39. The van der Waals surface area contributed by atoms with Gasteiger partial charge in [0.15, 0.2) is 0 Å². The fourth-order valence-corrected chi connectivity index (χ4v) is 4.74. The van der Waals surface area contributed by atoms with E-state index in [1.165, 1.54) is 16.6 Å². The van der Waals surface area contributed by atoms with E-state index in [1.807, 2.05) is 0 Å². The Hall–Kier alpha value is -0.500. The van der Waals surface area contributed by atoms with Crippen LogP contribution >= 0.6 is 23.4 Å². The van der Waals surface area contributed by atoms with E-state index >= 15 is 0 Å². The molecule has 1 aliphatic heterocycles. The Bertz CT molecular complexity index is 593. The SMILES string of the molecule is CN(C1CCSC1)S(=O)(=O)c1c[nH]c(=O)c(Cl)c1. The van der Waals surface area contributed by atoms with E-state index in [2.05, 4.69) is 4.98 Å². The number of nitrogens with zero attached hydrogens (tertiary/aromatic N) is 1. The molecular formula is C10H13ClN2O3S2. The van der Waals surface area contributed by atoms with E-state index in [4.69, 9.17) is 11.6 Å². The van der Waals surface area contributed by atoms with E-state index in [-0.39, 0.29) is 16.0 Å². The van der Waals surface area contributed by atoms with Crippen molar-refractivity contribution >= 4 is 33.4 Å². The molecule has 1 aromatic heterocycles. The van der Waals surface area contributed by atoms with Crippen molar-refractivity contribution in [3.05, 3.63) is 27.6 Å². The first-order valence-electron chi connectivity index (χ1n) is 5.37. The number of halogens is 1. The van der Waals surface area contributed by atoms with Crippen molar-refractivity contribution in [2.24, 2.45) is 0 Å². The number of pyridine rings is 1.